The number of aliphatic hydroxyl groups excluding tert-OH is 3. The molecule has 2 aliphatic rings. The van der Waals surface area contributed by atoms with E-state index >= 15 is 0 Å². The lowest BCUT2D eigenvalue weighted by atomic mass is 9.86. The molecule has 2 rings (SSSR count). The normalized spacial score (nSPS) is 43.0. The summed E-state index contributed by atoms with van der Waals surface area (Å²) in [4.78, 5) is 2.07. The maximum Gasteiger partial charge on any atom is 0.108 e. The number of aliphatic hydroxyl groups is 3. The summed E-state index contributed by atoms with van der Waals surface area (Å²) in [7, 11) is 1.77. The number of likely N-dealkylation sites (tertiary alicyclic amines) is 1. The lowest BCUT2D eigenvalue weighted by Gasteiger charge is -2.39. The van der Waals surface area contributed by atoms with Crippen molar-refractivity contribution in [1.82, 2.24) is 4.90 Å². The van der Waals surface area contributed by atoms with Crippen molar-refractivity contribution in [2.45, 2.75) is 50.1 Å². The molecule has 1 aliphatic carbocycles. The number of nitrogens with zero attached hydrogens (tertiary/aromatic N) is 1. The Morgan fingerprint density at radius 2 is 1.56 bits per heavy atom. The van der Waals surface area contributed by atoms with E-state index in [4.69, 9.17) is 4.74 Å². The number of methoxy groups -OCH3 is 1. The maximum atomic E-state index is 9.66. The molecule has 5 heteroatoms. The highest BCUT2D eigenvalue weighted by atomic mass is 16.5. The van der Waals surface area contributed by atoms with E-state index in [9.17, 15) is 15.3 Å². The van der Waals surface area contributed by atoms with Crippen LogP contribution in [0.25, 0.3) is 0 Å². The zero-order valence-electron chi connectivity index (χ0n) is 11.0. The minimum Gasteiger partial charge on any atom is -0.389 e. The molecular formula is C13H25NO4. The summed E-state index contributed by atoms with van der Waals surface area (Å²) in [6, 6.07) is 0. The van der Waals surface area contributed by atoms with Gasteiger partial charge in [0.25, 0.3) is 0 Å². The zero-order valence-corrected chi connectivity index (χ0v) is 11.0. The second-order valence-corrected chi connectivity index (χ2v) is 5.72. The van der Waals surface area contributed by atoms with Gasteiger partial charge in [-0.3, -0.25) is 4.90 Å². The summed E-state index contributed by atoms with van der Waals surface area (Å²) in [5.74, 6) is 0.617. The minimum absolute atomic E-state index is 0.403. The topological polar surface area (TPSA) is 73.2 Å². The van der Waals surface area contributed by atoms with E-state index in [2.05, 4.69) is 4.90 Å². The molecule has 1 heterocycles. The minimum atomic E-state index is -0.995. The van der Waals surface area contributed by atoms with Crippen LogP contribution in [-0.2, 0) is 4.74 Å². The van der Waals surface area contributed by atoms with Gasteiger partial charge in [-0.1, -0.05) is 0 Å². The van der Waals surface area contributed by atoms with E-state index in [0.717, 1.165) is 32.2 Å². The van der Waals surface area contributed by atoms with Crippen molar-refractivity contribution in [3.05, 3.63) is 0 Å². The molecule has 2 atom stereocenters. The average molecular weight is 259 g/mol. The fraction of sp³-hybridized carbons (Fsp3) is 1.00. The predicted octanol–water partition coefficient (Wildman–Crippen LogP) is -0.410. The molecule has 2 fully saturated rings. The molecule has 1 saturated carbocycles. The summed E-state index contributed by atoms with van der Waals surface area (Å²) >= 11 is 0. The largest absolute Gasteiger partial charge is 0.389 e. The van der Waals surface area contributed by atoms with Gasteiger partial charge in [0, 0.05) is 26.7 Å². The molecule has 1 saturated heterocycles. The molecule has 18 heavy (non-hydrogen) atoms. The van der Waals surface area contributed by atoms with Crippen LogP contribution >= 0.6 is 0 Å². The molecule has 0 spiro atoms. The molecule has 106 valence electrons. The first-order chi connectivity index (χ1) is 8.60. The highest BCUT2D eigenvalue weighted by Gasteiger charge is 2.34. The second-order valence-electron chi connectivity index (χ2n) is 5.72. The summed E-state index contributed by atoms with van der Waals surface area (Å²) in [6.45, 7) is 1.82. The van der Waals surface area contributed by atoms with E-state index in [-0.39, 0.29) is 0 Å². The van der Waals surface area contributed by atoms with Gasteiger partial charge in [0.05, 0.1) is 18.3 Å². The smallest absolute Gasteiger partial charge is 0.108 e. The fourth-order valence-corrected chi connectivity index (χ4v) is 3.14. The molecule has 0 aromatic rings. The first-order valence-electron chi connectivity index (χ1n) is 6.89. The van der Waals surface area contributed by atoms with Crippen LogP contribution in [0.5, 0.6) is 0 Å². The van der Waals surface area contributed by atoms with Crippen molar-refractivity contribution in [3.8, 4) is 0 Å². The number of hydrogen-bond donors (Lipinski definition) is 3. The molecule has 3 N–H and O–H groups in total. The van der Waals surface area contributed by atoms with Gasteiger partial charge in [-0.05, 0) is 31.6 Å². The van der Waals surface area contributed by atoms with Crippen LogP contribution in [0.4, 0.5) is 0 Å². The molecule has 0 amide bonds. The summed E-state index contributed by atoms with van der Waals surface area (Å²) in [5, 5.41) is 28.8. The molecular weight excluding hydrogens is 234 g/mol. The molecule has 0 aromatic carbocycles. The molecule has 5 nitrogen and oxygen atoms in total. The van der Waals surface area contributed by atoms with Crippen molar-refractivity contribution in [3.63, 3.8) is 0 Å². The van der Waals surface area contributed by atoms with E-state index < -0.39 is 18.3 Å². The first-order valence-corrected chi connectivity index (χ1v) is 6.89. The van der Waals surface area contributed by atoms with Crippen LogP contribution < -0.4 is 0 Å². The van der Waals surface area contributed by atoms with Crippen molar-refractivity contribution in [2.75, 3.05) is 26.7 Å². The first kappa shape index (κ1) is 14.2. The summed E-state index contributed by atoms with van der Waals surface area (Å²) in [5.41, 5.74) is 0. The number of piperidine rings is 1. The second kappa shape index (κ2) is 6.30. The van der Waals surface area contributed by atoms with Gasteiger partial charge >= 0.3 is 0 Å². The SMILES string of the molecule is COC1CCC(CN2CC(O)C(O)C(O)C2)CC1. The number of hydrogen-bond acceptors (Lipinski definition) is 5. The Labute approximate surface area is 108 Å². The van der Waals surface area contributed by atoms with Crippen LogP contribution in [0.15, 0.2) is 0 Å². The quantitative estimate of drug-likeness (QED) is 0.642. The van der Waals surface area contributed by atoms with E-state index in [1.165, 1.54) is 0 Å². The molecule has 0 bridgehead atoms. The van der Waals surface area contributed by atoms with Crippen LogP contribution in [0, 0.1) is 5.92 Å². The Bertz CT molecular complexity index is 243. The third kappa shape index (κ3) is 3.42. The van der Waals surface area contributed by atoms with E-state index in [1.807, 2.05) is 0 Å². The predicted molar refractivity (Wildman–Crippen MR) is 67.2 cm³/mol. The van der Waals surface area contributed by atoms with Crippen molar-refractivity contribution >= 4 is 0 Å². The fourth-order valence-electron chi connectivity index (χ4n) is 3.14. The Morgan fingerprint density at radius 1 is 1.00 bits per heavy atom. The van der Waals surface area contributed by atoms with Gasteiger partial charge in [0.2, 0.25) is 0 Å². The van der Waals surface area contributed by atoms with Gasteiger partial charge in [-0.25, -0.2) is 0 Å². The lowest BCUT2D eigenvalue weighted by Crippen LogP contribution is -2.56. The van der Waals surface area contributed by atoms with Crippen molar-refractivity contribution in [2.24, 2.45) is 5.92 Å². The molecule has 0 radical (unpaired) electrons. The van der Waals surface area contributed by atoms with Gasteiger partial charge < -0.3 is 20.1 Å². The Morgan fingerprint density at radius 3 is 2.06 bits per heavy atom. The average Bonchev–Trinajstić information content (AvgIpc) is 2.37. The monoisotopic (exact) mass is 259 g/mol. The zero-order chi connectivity index (χ0) is 13.1. The Balaban J connectivity index is 1.77. The van der Waals surface area contributed by atoms with Crippen molar-refractivity contribution < 1.29 is 20.1 Å². The third-order valence-corrected chi connectivity index (χ3v) is 4.32. The van der Waals surface area contributed by atoms with E-state index in [0.29, 0.717) is 25.1 Å². The molecule has 0 aromatic heterocycles. The summed E-state index contributed by atoms with van der Waals surface area (Å²) < 4.78 is 5.35. The maximum absolute atomic E-state index is 9.66. The van der Waals surface area contributed by atoms with Gasteiger partial charge in [0.1, 0.15) is 6.10 Å². The van der Waals surface area contributed by atoms with Gasteiger partial charge in [0.15, 0.2) is 0 Å². The number of rotatable bonds is 3. The Hall–Kier alpha value is -0.200. The Kier molecular flexibility index (Phi) is 4.98. The van der Waals surface area contributed by atoms with Crippen LogP contribution in [0.2, 0.25) is 0 Å². The number of β-amino-alcohol motifs (C(OH)–C–C–N with tert-alkyl or cyclic N) is 2. The van der Waals surface area contributed by atoms with Gasteiger partial charge in [-0.2, -0.15) is 0 Å². The van der Waals surface area contributed by atoms with Crippen LogP contribution in [-0.4, -0.2) is 71.4 Å². The summed E-state index contributed by atoms with van der Waals surface area (Å²) in [6.07, 6.45) is 2.23. The highest BCUT2D eigenvalue weighted by Crippen LogP contribution is 2.27. The van der Waals surface area contributed by atoms with Crippen molar-refractivity contribution in [1.29, 1.82) is 0 Å². The number of ether oxygens (including phenoxy) is 1. The van der Waals surface area contributed by atoms with Gasteiger partial charge in [-0.15, -0.1) is 0 Å². The molecule has 2 unspecified atom stereocenters. The van der Waals surface area contributed by atoms with Crippen LogP contribution in [0.1, 0.15) is 25.7 Å². The van der Waals surface area contributed by atoms with E-state index in [1.54, 1.807) is 7.11 Å². The highest BCUT2D eigenvalue weighted by molar-refractivity contribution is 4.87. The van der Waals surface area contributed by atoms with Crippen LogP contribution in [0.3, 0.4) is 0 Å². The lowest BCUT2D eigenvalue weighted by molar-refractivity contribution is -0.113. The third-order valence-electron chi connectivity index (χ3n) is 4.32. The molecule has 1 aliphatic heterocycles. The standard InChI is InChI=1S/C13H25NO4/c1-18-10-4-2-9(3-5-10)6-14-7-11(15)13(17)12(16)8-14/h9-13,15-17H,2-8H2,1H3.